The molecule has 56 heavy (non-hydrogen) atoms. The summed E-state index contributed by atoms with van der Waals surface area (Å²) in [4.78, 5) is 26.0. The van der Waals surface area contributed by atoms with Gasteiger partial charge < -0.3 is 20.3 Å². The summed E-state index contributed by atoms with van der Waals surface area (Å²) in [6, 6.07) is -0.731. The van der Waals surface area contributed by atoms with Crippen molar-refractivity contribution in [2.45, 2.75) is 238 Å². The van der Waals surface area contributed by atoms with E-state index in [2.05, 4.69) is 74.7 Å². The molecule has 0 saturated heterocycles. The minimum atomic E-state index is -0.811. The summed E-state index contributed by atoms with van der Waals surface area (Å²) in [5, 5.41) is 23.6. The quantitative estimate of drug-likeness (QED) is 0.0326. The lowest BCUT2D eigenvalue weighted by atomic mass is 10.0. The average Bonchev–Trinajstić information content (AvgIpc) is 3.19. The maximum atomic E-state index is 13.1. The number of nitrogens with one attached hydrogen (secondary N) is 1. The van der Waals surface area contributed by atoms with Crippen LogP contribution in [-0.2, 0) is 14.3 Å². The Hall–Kier alpha value is -2.44. The first-order valence-corrected chi connectivity index (χ1v) is 23.5. The molecule has 0 fully saturated rings. The first-order chi connectivity index (χ1) is 27.5. The lowest BCUT2D eigenvalue weighted by Gasteiger charge is -2.24. The van der Waals surface area contributed by atoms with E-state index in [4.69, 9.17) is 4.74 Å². The van der Waals surface area contributed by atoms with Gasteiger partial charge in [-0.05, 0) is 70.6 Å². The number of ether oxygens (including phenoxy) is 1. The second kappa shape index (κ2) is 43.7. The van der Waals surface area contributed by atoms with Gasteiger partial charge in [-0.25, -0.2) is 0 Å². The van der Waals surface area contributed by atoms with Gasteiger partial charge in [-0.1, -0.05) is 191 Å². The normalized spacial score (nSPS) is 13.9. The Morgan fingerprint density at radius 1 is 0.536 bits per heavy atom. The highest BCUT2D eigenvalue weighted by Crippen LogP contribution is 2.15. The van der Waals surface area contributed by atoms with Crippen LogP contribution in [0.4, 0.5) is 0 Å². The molecule has 6 nitrogen and oxygen atoms in total. The van der Waals surface area contributed by atoms with Crippen LogP contribution in [0.15, 0.2) is 60.8 Å². The van der Waals surface area contributed by atoms with Gasteiger partial charge in [0.05, 0.1) is 25.2 Å². The molecule has 0 aliphatic heterocycles. The van der Waals surface area contributed by atoms with Crippen molar-refractivity contribution in [1.29, 1.82) is 0 Å². The third-order valence-electron chi connectivity index (χ3n) is 10.3. The first kappa shape index (κ1) is 53.6. The Bertz CT molecular complexity index is 1010. The highest BCUT2D eigenvalue weighted by atomic mass is 16.5. The predicted octanol–water partition coefficient (Wildman–Crippen LogP) is 13.7. The fraction of sp³-hybridized carbons (Fsp3) is 0.760. The van der Waals surface area contributed by atoms with Crippen molar-refractivity contribution in [2.24, 2.45) is 0 Å². The van der Waals surface area contributed by atoms with E-state index in [0.717, 1.165) is 64.2 Å². The van der Waals surface area contributed by atoms with Crippen LogP contribution in [0.25, 0.3) is 0 Å². The molecule has 0 aliphatic rings. The number of aliphatic hydroxyl groups is 2. The van der Waals surface area contributed by atoms with E-state index in [9.17, 15) is 19.8 Å². The van der Waals surface area contributed by atoms with Crippen LogP contribution < -0.4 is 5.32 Å². The molecule has 1 amide bonds. The molecule has 3 N–H and O–H groups in total. The summed E-state index contributed by atoms with van der Waals surface area (Å²) >= 11 is 0. The van der Waals surface area contributed by atoms with Crippen molar-refractivity contribution < 1.29 is 24.5 Å². The Balaban J connectivity index is 4.78. The lowest BCUT2D eigenvalue weighted by molar-refractivity contribution is -0.150. The van der Waals surface area contributed by atoms with Gasteiger partial charge in [-0.2, -0.15) is 0 Å². The Morgan fingerprint density at radius 2 is 0.946 bits per heavy atom. The molecule has 0 radical (unpaired) electrons. The fourth-order valence-corrected chi connectivity index (χ4v) is 6.70. The van der Waals surface area contributed by atoms with Crippen molar-refractivity contribution in [3.8, 4) is 0 Å². The average molecular weight is 784 g/mol. The summed E-state index contributed by atoms with van der Waals surface area (Å²) < 4.78 is 5.84. The highest BCUT2D eigenvalue weighted by molar-refractivity contribution is 5.77. The number of carbonyl (C=O) groups is 2. The van der Waals surface area contributed by atoms with Crippen LogP contribution in [0, 0.1) is 0 Å². The van der Waals surface area contributed by atoms with Gasteiger partial charge in [-0.3, -0.25) is 9.59 Å². The summed E-state index contributed by atoms with van der Waals surface area (Å²) in [6.45, 7) is 6.37. The van der Waals surface area contributed by atoms with Crippen molar-refractivity contribution >= 4 is 11.9 Å². The molecule has 324 valence electrons. The molecule has 0 aromatic rings. The molecular formula is C50H89NO5. The summed E-state index contributed by atoms with van der Waals surface area (Å²) in [7, 11) is 0. The number of amides is 1. The van der Waals surface area contributed by atoms with Gasteiger partial charge in [0.15, 0.2) is 0 Å². The smallest absolute Gasteiger partial charge is 0.306 e. The molecule has 0 spiro atoms. The number of rotatable bonds is 41. The number of aliphatic hydroxyl groups excluding tert-OH is 2. The number of hydrogen-bond donors (Lipinski definition) is 3. The molecule has 0 rings (SSSR count). The van der Waals surface area contributed by atoms with Gasteiger partial charge in [0.25, 0.3) is 0 Å². The number of hydrogen-bond acceptors (Lipinski definition) is 5. The van der Waals surface area contributed by atoms with Crippen molar-refractivity contribution in [2.75, 3.05) is 6.61 Å². The van der Waals surface area contributed by atoms with E-state index >= 15 is 0 Å². The van der Waals surface area contributed by atoms with Gasteiger partial charge in [-0.15, -0.1) is 0 Å². The summed E-state index contributed by atoms with van der Waals surface area (Å²) in [5.41, 5.74) is 0. The molecule has 0 aliphatic carbocycles. The number of unbranched alkanes of at least 4 members (excludes halogenated alkanes) is 20. The van der Waals surface area contributed by atoms with E-state index in [1.54, 1.807) is 0 Å². The van der Waals surface area contributed by atoms with Gasteiger partial charge in [0.2, 0.25) is 5.91 Å². The van der Waals surface area contributed by atoms with Crippen LogP contribution >= 0.6 is 0 Å². The Labute approximate surface area is 346 Å². The van der Waals surface area contributed by atoms with Crippen LogP contribution in [0.1, 0.15) is 220 Å². The molecule has 0 bridgehead atoms. The van der Waals surface area contributed by atoms with E-state index in [-0.39, 0.29) is 24.9 Å². The molecule has 0 saturated carbocycles. The van der Waals surface area contributed by atoms with Gasteiger partial charge in [0.1, 0.15) is 6.10 Å². The largest absolute Gasteiger partial charge is 0.461 e. The predicted molar refractivity (Wildman–Crippen MR) is 241 cm³/mol. The van der Waals surface area contributed by atoms with Crippen LogP contribution in [0.5, 0.6) is 0 Å². The van der Waals surface area contributed by atoms with Crippen LogP contribution in [0.3, 0.4) is 0 Å². The van der Waals surface area contributed by atoms with Gasteiger partial charge >= 0.3 is 5.97 Å². The van der Waals surface area contributed by atoms with E-state index in [1.807, 2.05) is 12.2 Å². The molecule has 3 atom stereocenters. The van der Waals surface area contributed by atoms with E-state index in [1.165, 1.54) is 109 Å². The summed E-state index contributed by atoms with van der Waals surface area (Å²) in [6.07, 6.45) is 52.9. The lowest BCUT2D eigenvalue weighted by Crippen LogP contribution is -2.46. The molecule has 6 heteroatoms. The highest BCUT2D eigenvalue weighted by Gasteiger charge is 2.23. The minimum Gasteiger partial charge on any atom is -0.461 e. The number of esters is 1. The maximum Gasteiger partial charge on any atom is 0.306 e. The maximum absolute atomic E-state index is 13.1. The Kier molecular flexibility index (Phi) is 41.8. The molecule has 0 aromatic heterocycles. The molecular weight excluding hydrogens is 695 g/mol. The number of allylic oxidation sites excluding steroid dienone is 9. The zero-order chi connectivity index (χ0) is 41.0. The Morgan fingerprint density at radius 3 is 1.48 bits per heavy atom. The molecule has 0 aromatic carbocycles. The SMILES string of the molecule is CCCCC/C=C\C/C=C\C/C=C\C/C=C\CC(CC(=O)NC(CO)C(O)CCCCCCCCCCCC)OC(=O)CCCCCCC/C=C\CCCCC. The second-order valence-corrected chi connectivity index (χ2v) is 15.8. The van der Waals surface area contributed by atoms with Crippen molar-refractivity contribution in [1.82, 2.24) is 5.32 Å². The van der Waals surface area contributed by atoms with E-state index in [0.29, 0.717) is 19.3 Å². The molecule has 3 unspecified atom stereocenters. The third kappa shape index (κ3) is 38.4. The standard InChI is InChI=1S/C50H89NO5/c1-4-7-10-13-16-19-22-24-25-26-27-29-32-35-38-41-46(56-50(55)43-40-37-34-31-28-23-20-17-14-11-8-5-2)44-49(54)51-47(45-52)48(53)42-39-36-33-30-21-18-15-12-9-6-3/h16-17,19-20,24-25,27,29,35,38,46-48,52-53H,4-15,18,21-23,26,28,30-34,36-37,39-45H2,1-3H3,(H,51,54)/b19-16-,20-17-,25-24-,29-27-,38-35-. The van der Waals surface area contributed by atoms with Crippen LogP contribution in [0.2, 0.25) is 0 Å². The summed E-state index contributed by atoms with van der Waals surface area (Å²) in [5.74, 6) is -0.590. The van der Waals surface area contributed by atoms with Crippen LogP contribution in [-0.4, -0.2) is 46.9 Å². The number of carbonyl (C=O) groups excluding carboxylic acids is 2. The third-order valence-corrected chi connectivity index (χ3v) is 10.3. The second-order valence-electron chi connectivity index (χ2n) is 15.8. The zero-order valence-corrected chi connectivity index (χ0v) is 36.8. The minimum absolute atomic E-state index is 0.00278. The topological polar surface area (TPSA) is 95.9 Å². The fourth-order valence-electron chi connectivity index (χ4n) is 6.70. The van der Waals surface area contributed by atoms with Gasteiger partial charge in [0, 0.05) is 12.8 Å². The molecule has 0 heterocycles. The van der Waals surface area contributed by atoms with E-state index < -0.39 is 18.2 Å². The first-order valence-electron chi connectivity index (χ1n) is 23.5. The zero-order valence-electron chi connectivity index (χ0n) is 36.8. The monoisotopic (exact) mass is 784 g/mol. The van der Waals surface area contributed by atoms with Crippen molar-refractivity contribution in [3.63, 3.8) is 0 Å². The van der Waals surface area contributed by atoms with Crippen molar-refractivity contribution in [3.05, 3.63) is 60.8 Å².